The molecule has 0 amide bonds. The summed E-state index contributed by atoms with van der Waals surface area (Å²) in [5, 5.41) is 8.12. The lowest BCUT2D eigenvalue weighted by Crippen LogP contribution is -2.08. The smallest absolute Gasteiger partial charge is 0.166 e. The molecule has 1 aromatic heterocycles. The predicted octanol–water partition coefficient (Wildman–Crippen LogP) is 5.75. The molecule has 0 aliphatic carbocycles. The predicted molar refractivity (Wildman–Crippen MR) is 82.5 cm³/mol. The number of nitrogens with zero attached hydrogens (tertiary/aromatic N) is 3. The van der Waals surface area contributed by atoms with Gasteiger partial charge in [-0.25, -0.2) is 0 Å². The Labute approximate surface area is 147 Å². The minimum atomic E-state index is -4.55. The van der Waals surface area contributed by atoms with E-state index in [1.807, 2.05) is 0 Å². The molecular formula is C11H6Cl4F3N3S. The summed E-state index contributed by atoms with van der Waals surface area (Å²) < 4.78 is 37.4. The molecule has 1 heterocycles. The van der Waals surface area contributed by atoms with Crippen LogP contribution in [0, 0.1) is 6.92 Å². The third-order valence-corrected chi connectivity index (χ3v) is 4.37. The van der Waals surface area contributed by atoms with Gasteiger partial charge in [0.2, 0.25) is 0 Å². The number of hydrogen-bond donors (Lipinski definition) is 0. The Hall–Kier alpha value is -0.340. The highest BCUT2D eigenvalue weighted by Crippen LogP contribution is 2.37. The summed E-state index contributed by atoms with van der Waals surface area (Å²) in [5.74, 6) is 0. The average Bonchev–Trinajstić information content (AvgIpc) is 2.67. The second-order valence-electron chi connectivity index (χ2n) is 4.04. The zero-order chi connectivity index (χ0) is 16.7. The van der Waals surface area contributed by atoms with E-state index >= 15 is 0 Å². The first-order valence-corrected chi connectivity index (χ1v) is 8.06. The molecular weight excluding hydrogens is 405 g/mol. The van der Waals surface area contributed by atoms with Crippen LogP contribution in [-0.2, 0) is 6.18 Å². The van der Waals surface area contributed by atoms with E-state index in [9.17, 15) is 13.2 Å². The fraction of sp³-hybridized carbons (Fsp3) is 0.273. The standard InChI is InChI=1S/C11H6Cl4F3N3S/c1-4-9(22-10(14)15)20-21(19-4)8-6(12)2-5(3-7(8)13)11(16,17)18/h2-3,10H,1H3. The molecule has 0 unspecified atom stereocenters. The Morgan fingerprint density at radius 1 is 1.14 bits per heavy atom. The molecule has 0 fully saturated rings. The van der Waals surface area contributed by atoms with E-state index in [4.69, 9.17) is 46.4 Å². The SMILES string of the molecule is Cc1nn(-c2c(Cl)cc(C(F)(F)F)cc2Cl)nc1SC(Cl)Cl. The van der Waals surface area contributed by atoms with Gasteiger partial charge in [-0.3, -0.25) is 0 Å². The van der Waals surface area contributed by atoms with E-state index in [-0.39, 0.29) is 15.7 Å². The highest BCUT2D eigenvalue weighted by Gasteiger charge is 2.32. The molecule has 0 spiro atoms. The van der Waals surface area contributed by atoms with Crippen LogP contribution < -0.4 is 0 Å². The molecule has 0 aliphatic heterocycles. The van der Waals surface area contributed by atoms with Gasteiger partial charge >= 0.3 is 6.18 Å². The van der Waals surface area contributed by atoms with Crippen molar-refractivity contribution in [3.05, 3.63) is 33.4 Å². The van der Waals surface area contributed by atoms with Crippen molar-refractivity contribution in [2.45, 2.75) is 22.3 Å². The van der Waals surface area contributed by atoms with Gasteiger partial charge in [-0.1, -0.05) is 58.2 Å². The third kappa shape index (κ3) is 3.94. The van der Waals surface area contributed by atoms with Crippen molar-refractivity contribution in [3.8, 4) is 5.69 Å². The zero-order valence-corrected chi connectivity index (χ0v) is 14.5. The quantitative estimate of drug-likeness (QED) is 0.476. The van der Waals surface area contributed by atoms with E-state index in [1.165, 1.54) is 0 Å². The molecule has 3 nitrogen and oxygen atoms in total. The Kier molecular flexibility index (Phi) is 5.44. The van der Waals surface area contributed by atoms with Crippen LogP contribution in [0.15, 0.2) is 17.2 Å². The first-order valence-electron chi connectivity index (χ1n) is 5.55. The lowest BCUT2D eigenvalue weighted by Gasteiger charge is -2.11. The molecule has 0 atom stereocenters. The van der Waals surface area contributed by atoms with Crippen LogP contribution in [0.1, 0.15) is 11.3 Å². The summed E-state index contributed by atoms with van der Waals surface area (Å²) in [6.45, 7) is 1.65. The lowest BCUT2D eigenvalue weighted by atomic mass is 10.2. The number of alkyl halides is 5. The van der Waals surface area contributed by atoms with Crippen molar-refractivity contribution in [3.63, 3.8) is 0 Å². The van der Waals surface area contributed by atoms with Crippen LogP contribution >= 0.6 is 58.2 Å². The maximum absolute atomic E-state index is 12.7. The lowest BCUT2D eigenvalue weighted by molar-refractivity contribution is -0.137. The Morgan fingerprint density at radius 3 is 2.14 bits per heavy atom. The molecule has 1 aromatic carbocycles. The van der Waals surface area contributed by atoms with Gasteiger partial charge in [0.05, 0.1) is 21.3 Å². The molecule has 0 radical (unpaired) electrons. The average molecular weight is 411 g/mol. The van der Waals surface area contributed by atoms with Crippen molar-refractivity contribution in [2.75, 3.05) is 0 Å². The fourth-order valence-electron chi connectivity index (χ4n) is 1.58. The minimum absolute atomic E-state index is 0.0481. The molecule has 120 valence electrons. The van der Waals surface area contributed by atoms with Gasteiger partial charge in [0.15, 0.2) is 4.17 Å². The van der Waals surface area contributed by atoms with Crippen molar-refractivity contribution in [1.29, 1.82) is 0 Å². The fourth-order valence-corrected chi connectivity index (χ4v) is 3.23. The normalized spacial score (nSPS) is 12.2. The molecule has 22 heavy (non-hydrogen) atoms. The van der Waals surface area contributed by atoms with E-state index in [0.717, 1.165) is 28.7 Å². The second kappa shape index (κ2) is 6.65. The van der Waals surface area contributed by atoms with Crippen LogP contribution in [0.5, 0.6) is 0 Å². The molecule has 0 aliphatic rings. The van der Waals surface area contributed by atoms with Gasteiger partial charge in [-0.15, -0.1) is 9.90 Å². The van der Waals surface area contributed by atoms with Gasteiger partial charge in [0, 0.05) is 0 Å². The molecule has 2 rings (SSSR count). The number of benzene rings is 1. The van der Waals surface area contributed by atoms with E-state index in [0.29, 0.717) is 10.7 Å². The second-order valence-corrected chi connectivity index (χ2v) is 7.57. The summed E-state index contributed by atoms with van der Waals surface area (Å²) in [4.78, 5) is 1.05. The first kappa shape index (κ1) is 18.0. The van der Waals surface area contributed by atoms with Gasteiger partial charge < -0.3 is 0 Å². The van der Waals surface area contributed by atoms with Gasteiger partial charge in [-0.2, -0.15) is 18.3 Å². The third-order valence-electron chi connectivity index (χ3n) is 2.48. The van der Waals surface area contributed by atoms with E-state index in [2.05, 4.69) is 10.2 Å². The molecule has 2 aromatic rings. The minimum Gasteiger partial charge on any atom is -0.166 e. The Balaban J connectivity index is 2.50. The van der Waals surface area contributed by atoms with Crippen LogP contribution in [0.2, 0.25) is 10.0 Å². The molecule has 0 saturated carbocycles. The maximum atomic E-state index is 12.7. The largest absolute Gasteiger partial charge is 0.416 e. The summed E-state index contributed by atoms with van der Waals surface area (Å²) in [6, 6.07) is 1.53. The number of hydrogen-bond acceptors (Lipinski definition) is 3. The number of aromatic nitrogens is 3. The topological polar surface area (TPSA) is 30.7 Å². The van der Waals surface area contributed by atoms with Crippen LogP contribution in [-0.4, -0.2) is 19.2 Å². The summed E-state index contributed by atoms with van der Waals surface area (Å²) in [5.41, 5.74) is -0.415. The monoisotopic (exact) mass is 409 g/mol. The highest BCUT2D eigenvalue weighted by atomic mass is 35.5. The summed E-state index contributed by atoms with van der Waals surface area (Å²) in [6.07, 6.45) is -4.55. The van der Waals surface area contributed by atoms with Gasteiger partial charge in [-0.05, 0) is 19.1 Å². The number of thioether (sulfide) groups is 1. The van der Waals surface area contributed by atoms with E-state index < -0.39 is 15.9 Å². The van der Waals surface area contributed by atoms with Gasteiger partial charge in [0.25, 0.3) is 0 Å². The van der Waals surface area contributed by atoms with E-state index in [1.54, 1.807) is 6.92 Å². The van der Waals surface area contributed by atoms with Crippen LogP contribution in [0.3, 0.4) is 0 Å². The van der Waals surface area contributed by atoms with Crippen molar-refractivity contribution in [2.24, 2.45) is 0 Å². The van der Waals surface area contributed by atoms with Crippen molar-refractivity contribution < 1.29 is 13.2 Å². The zero-order valence-electron chi connectivity index (χ0n) is 10.6. The molecule has 0 bridgehead atoms. The Morgan fingerprint density at radius 2 is 1.68 bits per heavy atom. The molecule has 0 saturated heterocycles. The van der Waals surface area contributed by atoms with Crippen LogP contribution in [0.25, 0.3) is 5.69 Å². The maximum Gasteiger partial charge on any atom is 0.416 e. The highest BCUT2D eigenvalue weighted by molar-refractivity contribution is 8.02. The van der Waals surface area contributed by atoms with Crippen LogP contribution in [0.4, 0.5) is 13.2 Å². The van der Waals surface area contributed by atoms with Crippen molar-refractivity contribution in [1.82, 2.24) is 15.0 Å². The number of halogens is 7. The first-order chi connectivity index (χ1) is 10.1. The molecule has 0 N–H and O–H groups in total. The Bertz CT molecular complexity index is 679. The molecule has 11 heteroatoms. The van der Waals surface area contributed by atoms with Crippen molar-refractivity contribution >= 4 is 58.2 Å². The van der Waals surface area contributed by atoms with Gasteiger partial charge in [0.1, 0.15) is 10.7 Å². The summed E-state index contributed by atoms with van der Waals surface area (Å²) in [7, 11) is 0. The number of rotatable bonds is 3. The summed E-state index contributed by atoms with van der Waals surface area (Å²) >= 11 is 24.1. The number of aryl methyl sites for hydroxylation is 1.